The van der Waals surface area contributed by atoms with E-state index >= 15 is 0 Å². The van der Waals surface area contributed by atoms with E-state index < -0.39 is 0 Å². The summed E-state index contributed by atoms with van der Waals surface area (Å²) in [5.41, 5.74) is 2.06. The third kappa shape index (κ3) is 5.88. The van der Waals surface area contributed by atoms with Crippen molar-refractivity contribution in [1.82, 2.24) is 5.32 Å². The van der Waals surface area contributed by atoms with E-state index in [0.717, 1.165) is 17.7 Å². The summed E-state index contributed by atoms with van der Waals surface area (Å²) in [5.74, 6) is 1.17. The van der Waals surface area contributed by atoms with Gasteiger partial charge in [0.2, 0.25) is 0 Å². The molecular formula is C22H25NO3. The maximum Gasteiger partial charge on any atom is 0.251 e. The van der Waals surface area contributed by atoms with E-state index in [1.165, 1.54) is 6.08 Å². The number of hydrogen-bond donors (Lipinski definition) is 1. The molecule has 0 aliphatic heterocycles. The zero-order valence-electron chi connectivity index (χ0n) is 15.5. The number of rotatable bonds is 8. The Bertz CT molecular complexity index is 759. The molecule has 1 N–H and O–H groups in total. The van der Waals surface area contributed by atoms with Crippen LogP contribution < -0.4 is 10.1 Å². The topological polar surface area (TPSA) is 55.4 Å². The average molecular weight is 351 g/mol. The molecule has 0 aliphatic rings. The van der Waals surface area contributed by atoms with Crippen LogP contribution in [0.2, 0.25) is 0 Å². The van der Waals surface area contributed by atoms with Crippen LogP contribution in [0.5, 0.6) is 5.75 Å². The maximum atomic E-state index is 12.3. The van der Waals surface area contributed by atoms with Crippen molar-refractivity contribution >= 4 is 17.8 Å². The van der Waals surface area contributed by atoms with Crippen LogP contribution in [0.15, 0.2) is 54.6 Å². The minimum absolute atomic E-state index is 0.0749. The minimum Gasteiger partial charge on any atom is -0.494 e. The molecule has 0 saturated heterocycles. The molecule has 2 aromatic carbocycles. The number of carbonyl (C=O) groups is 2. The normalized spacial score (nSPS) is 10.9. The Morgan fingerprint density at radius 2 is 1.62 bits per heavy atom. The molecule has 0 fully saturated rings. The number of allylic oxidation sites excluding steroid dienone is 1. The van der Waals surface area contributed by atoms with E-state index in [0.29, 0.717) is 23.7 Å². The largest absolute Gasteiger partial charge is 0.494 e. The summed E-state index contributed by atoms with van der Waals surface area (Å²) in [4.78, 5) is 23.8. The van der Waals surface area contributed by atoms with Crippen molar-refractivity contribution in [2.75, 3.05) is 13.7 Å². The highest BCUT2D eigenvalue weighted by Crippen LogP contribution is 2.15. The van der Waals surface area contributed by atoms with Crippen molar-refractivity contribution in [2.45, 2.75) is 20.3 Å². The van der Waals surface area contributed by atoms with Crippen molar-refractivity contribution in [3.05, 3.63) is 71.3 Å². The second kappa shape index (κ2) is 9.56. The molecule has 0 saturated carbocycles. The van der Waals surface area contributed by atoms with Crippen LogP contribution >= 0.6 is 0 Å². The molecule has 0 unspecified atom stereocenters. The average Bonchev–Trinajstić information content (AvgIpc) is 2.66. The zero-order valence-corrected chi connectivity index (χ0v) is 15.5. The van der Waals surface area contributed by atoms with Crippen LogP contribution in [0.1, 0.15) is 46.5 Å². The van der Waals surface area contributed by atoms with Gasteiger partial charge in [-0.3, -0.25) is 9.59 Å². The highest BCUT2D eigenvalue weighted by molar-refractivity contribution is 6.06. The summed E-state index contributed by atoms with van der Waals surface area (Å²) < 4.78 is 5.66. The second-order valence-electron chi connectivity index (χ2n) is 6.45. The second-order valence-corrected chi connectivity index (χ2v) is 6.45. The van der Waals surface area contributed by atoms with E-state index in [-0.39, 0.29) is 11.7 Å². The van der Waals surface area contributed by atoms with Crippen LogP contribution in [-0.2, 0) is 0 Å². The lowest BCUT2D eigenvalue weighted by Gasteiger charge is -2.08. The Kier molecular flexibility index (Phi) is 7.15. The van der Waals surface area contributed by atoms with E-state index in [1.54, 1.807) is 49.5 Å². The quantitative estimate of drug-likeness (QED) is 0.568. The lowest BCUT2D eigenvalue weighted by Crippen LogP contribution is -2.17. The van der Waals surface area contributed by atoms with E-state index in [2.05, 4.69) is 19.2 Å². The molecule has 26 heavy (non-hydrogen) atoms. The molecule has 0 atom stereocenters. The molecule has 0 aliphatic carbocycles. The van der Waals surface area contributed by atoms with Crippen LogP contribution in [0.4, 0.5) is 0 Å². The van der Waals surface area contributed by atoms with Crippen molar-refractivity contribution < 1.29 is 14.3 Å². The number of ether oxygens (including phenoxy) is 1. The monoisotopic (exact) mass is 351 g/mol. The number of amides is 1. The SMILES string of the molecule is CNC(=O)c1ccc(C=CC(=O)c2ccc(OCCC(C)C)cc2)cc1. The zero-order chi connectivity index (χ0) is 18.9. The number of ketones is 1. The Morgan fingerprint density at radius 1 is 1.00 bits per heavy atom. The third-order valence-corrected chi connectivity index (χ3v) is 3.93. The number of benzene rings is 2. The first kappa shape index (κ1) is 19.4. The van der Waals surface area contributed by atoms with Gasteiger partial charge in [0.1, 0.15) is 5.75 Å². The van der Waals surface area contributed by atoms with Gasteiger partial charge >= 0.3 is 0 Å². The molecule has 4 heteroatoms. The van der Waals surface area contributed by atoms with Gasteiger partial charge in [0, 0.05) is 18.2 Å². The summed E-state index contributed by atoms with van der Waals surface area (Å²) >= 11 is 0. The smallest absolute Gasteiger partial charge is 0.251 e. The molecule has 1 amide bonds. The van der Waals surface area contributed by atoms with Crippen molar-refractivity contribution in [3.63, 3.8) is 0 Å². The first-order valence-electron chi connectivity index (χ1n) is 8.77. The maximum absolute atomic E-state index is 12.3. The molecule has 0 radical (unpaired) electrons. The standard InChI is InChI=1S/C22H25NO3/c1-16(2)14-15-26-20-11-9-18(10-12-20)21(24)13-6-17-4-7-19(8-5-17)22(25)23-3/h4-13,16H,14-15H2,1-3H3,(H,23,25). The Labute approximate surface area is 154 Å². The minimum atomic E-state index is -0.132. The van der Waals surface area contributed by atoms with Crippen LogP contribution in [0, 0.1) is 5.92 Å². The number of carbonyl (C=O) groups excluding carboxylic acids is 2. The Hall–Kier alpha value is -2.88. The van der Waals surface area contributed by atoms with E-state index in [9.17, 15) is 9.59 Å². The molecular weight excluding hydrogens is 326 g/mol. The lowest BCUT2D eigenvalue weighted by molar-refractivity contribution is 0.0962. The van der Waals surface area contributed by atoms with Gasteiger partial charge in [-0.15, -0.1) is 0 Å². The predicted molar refractivity (Wildman–Crippen MR) is 105 cm³/mol. The molecule has 0 bridgehead atoms. The van der Waals surface area contributed by atoms with Gasteiger partial charge in [0.15, 0.2) is 5.78 Å². The first-order valence-corrected chi connectivity index (χ1v) is 8.77. The van der Waals surface area contributed by atoms with Gasteiger partial charge < -0.3 is 10.1 Å². The summed E-state index contributed by atoms with van der Waals surface area (Å²) in [6.07, 6.45) is 4.27. The van der Waals surface area contributed by atoms with E-state index in [4.69, 9.17) is 4.74 Å². The summed E-state index contributed by atoms with van der Waals surface area (Å²) in [5, 5.41) is 2.57. The molecule has 136 valence electrons. The van der Waals surface area contributed by atoms with Crippen molar-refractivity contribution in [1.29, 1.82) is 0 Å². The predicted octanol–water partition coefficient (Wildman–Crippen LogP) is 4.37. The summed E-state index contributed by atoms with van der Waals surface area (Å²) in [7, 11) is 1.59. The fourth-order valence-corrected chi connectivity index (χ4v) is 2.29. The fraction of sp³-hybridized carbons (Fsp3) is 0.273. The Morgan fingerprint density at radius 3 is 2.19 bits per heavy atom. The number of nitrogens with one attached hydrogen (secondary N) is 1. The van der Waals surface area contributed by atoms with E-state index in [1.807, 2.05) is 12.1 Å². The molecule has 2 rings (SSSR count). The first-order chi connectivity index (χ1) is 12.5. The van der Waals surface area contributed by atoms with Gasteiger partial charge in [0.25, 0.3) is 5.91 Å². The van der Waals surface area contributed by atoms with Crippen LogP contribution in [-0.4, -0.2) is 25.3 Å². The lowest BCUT2D eigenvalue weighted by atomic mass is 10.1. The molecule has 2 aromatic rings. The van der Waals surface area contributed by atoms with Gasteiger partial charge in [-0.2, -0.15) is 0 Å². The molecule has 0 aromatic heterocycles. The summed E-state index contributed by atoms with van der Waals surface area (Å²) in [6.45, 7) is 4.99. The molecule has 0 spiro atoms. The highest BCUT2D eigenvalue weighted by Gasteiger charge is 2.04. The Balaban J connectivity index is 1.94. The van der Waals surface area contributed by atoms with Gasteiger partial charge in [-0.25, -0.2) is 0 Å². The van der Waals surface area contributed by atoms with Crippen LogP contribution in [0.25, 0.3) is 6.08 Å². The molecule has 4 nitrogen and oxygen atoms in total. The van der Waals surface area contributed by atoms with Gasteiger partial charge in [-0.05, 0) is 60.4 Å². The highest BCUT2D eigenvalue weighted by atomic mass is 16.5. The van der Waals surface area contributed by atoms with Gasteiger partial charge in [0.05, 0.1) is 6.61 Å². The van der Waals surface area contributed by atoms with Crippen molar-refractivity contribution in [3.8, 4) is 5.75 Å². The fourth-order valence-electron chi connectivity index (χ4n) is 2.29. The number of hydrogen-bond acceptors (Lipinski definition) is 3. The summed E-state index contributed by atoms with van der Waals surface area (Å²) in [6, 6.07) is 14.2. The van der Waals surface area contributed by atoms with Gasteiger partial charge in [-0.1, -0.05) is 32.1 Å². The molecule has 0 heterocycles. The third-order valence-electron chi connectivity index (χ3n) is 3.93. The van der Waals surface area contributed by atoms with Crippen molar-refractivity contribution in [2.24, 2.45) is 5.92 Å². The van der Waals surface area contributed by atoms with Crippen LogP contribution in [0.3, 0.4) is 0 Å².